The maximum absolute atomic E-state index is 11.0. The summed E-state index contributed by atoms with van der Waals surface area (Å²) in [5, 5.41) is 0. The Morgan fingerprint density at radius 3 is 0.761 bits per heavy atom. The van der Waals surface area contributed by atoms with Crippen LogP contribution < -0.4 is 0 Å². The zero-order valence-corrected chi connectivity index (χ0v) is 28.5. The minimum absolute atomic E-state index is 0. The van der Waals surface area contributed by atoms with E-state index < -0.39 is 30.4 Å². The van der Waals surface area contributed by atoms with Gasteiger partial charge in [-0.2, -0.15) is 0 Å². The van der Waals surface area contributed by atoms with Crippen molar-refractivity contribution in [3.63, 3.8) is 0 Å². The molecule has 0 aromatic heterocycles. The van der Waals surface area contributed by atoms with Crippen LogP contribution in [0, 0.1) is 20.8 Å². The fraction of sp³-hybridized carbons (Fsp3) is 0.0909. The standard InChI is InChI=1S/3C11H10O3S.Al/c3*1-8-7-11(15(12,13)14)10-6-4-2-3-5-9(8)10;/h3*2-7H,1H3,(H,12,13,14);/q;;;+3/p-3. The molecule has 0 atom stereocenters. The van der Waals surface area contributed by atoms with Crippen LogP contribution in [-0.2, 0) is 30.4 Å². The Morgan fingerprint density at radius 2 is 0.565 bits per heavy atom. The first-order chi connectivity index (χ1) is 21.0. The van der Waals surface area contributed by atoms with Gasteiger partial charge >= 0.3 is 17.4 Å². The van der Waals surface area contributed by atoms with Crippen molar-refractivity contribution in [2.75, 3.05) is 0 Å². The first kappa shape index (κ1) is 36.8. The molecule has 0 spiro atoms. The monoisotopic (exact) mass is 690 g/mol. The van der Waals surface area contributed by atoms with Gasteiger partial charge in [0, 0.05) is 0 Å². The summed E-state index contributed by atoms with van der Waals surface area (Å²) in [5.74, 6) is 0. The molecule has 0 bridgehead atoms. The van der Waals surface area contributed by atoms with Crippen LogP contribution in [0.5, 0.6) is 0 Å². The number of hydrogen-bond acceptors (Lipinski definition) is 9. The minimum atomic E-state index is -4.39. The Morgan fingerprint density at radius 1 is 0.370 bits per heavy atom. The molecular weight excluding hydrogens is 664 g/mol. The Bertz CT molecular complexity index is 1980. The molecule has 0 saturated carbocycles. The summed E-state index contributed by atoms with van der Waals surface area (Å²) in [6.07, 6.45) is 0. The van der Waals surface area contributed by atoms with Crippen LogP contribution in [0.1, 0.15) is 16.7 Å². The second kappa shape index (κ2) is 14.4. The molecule has 0 heterocycles. The minimum Gasteiger partial charge on any atom is -0.744 e. The second-order valence-electron chi connectivity index (χ2n) is 10.2. The van der Waals surface area contributed by atoms with Crippen molar-refractivity contribution in [2.45, 2.75) is 35.5 Å². The number of aryl methyl sites for hydroxylation is 3. The second-order valence-corrected chi connectivity index (χ2v) is 14.2. The van der Waals surface area contributed by atoms with Crippen LogP contribution >= 0.6 is 0 Å². The van der Waals surface area contributed by atoms with E-state index in [1.807, 2.05) is 18.2 Å². The fourth-order valence-electron chi connectivity index (χ4n) is 4.99. The third kappa shape index (κ3) is 8.38. The zero-order valence-electron chi connectivity index (χ0n) is 24.9. The summed E-state index contributed by atoms with van der Waals surface area (Å²) in [6, 6.07) is 30.6. The Hall–Kier alpha value is -3.64. The van der Waals surface area contributed by atoms with Crippen LogP contribution in [0.4, 0.5) is 0 Å². The molecule has 0 saturated heterocycles. The molecule has 6 aliphatic carbocycles. The van der Waals surface area contributed by atoms with E-state index in [2.05, 4.69) is 0 Å². The predicted molar refractivity (Wildman–Crippen MR) is 173 cm³/mol. The molecule has 9 nitrogen and oxygen atoms in total. The van der Waals surface area contributed by atoms with E-state index in [0.717, 1.165) is 33.4 Å². The Kier molecular flexibility index (Phi) is 11.5. The van der Waals surface area contributed by atoms with E-state index in [1.165, 1.54) is 18.2 Å². The van der Waals surface area contributed by atoms with Crippen molar-refractivity contribution in [3.05, 3.63) is 126 Å². The molecule has 6 aliphatic rings. The molecule has 0 N–H and O–H groups in total. The number of fused-ring (bicyclic) bond motifs is 3. The molecule has 6 rings (SSSR count). The summed E-state index contributed by atoms with van der Waals surface area (Å²) >= 11 is 0. The van der Waals surface area contributed by atoms with Crippen LogP contribution in [0.15, 0.2) is 124 Å². The number of rotatable bonds is 3. The summed E-state index contributed by atoms with van der Waals surface area (Å²) in [7, 11) is -13.2. The molecule has 0 radical (unpaired) electrons. The van der Waals surface area contributed by atoms with Gasteiger partial charge in [0.2, 0.25) is 0 Å². The topological polar surface area (TPSA) is 172 Å². The Balaban J connectivity index is 0.000000186. The molecule has 0 aromatic rings. The van der Waals surface area contributed by atoms with E-state index >= 15 is 0 Å². The smallest absolute Gasteiger partial charge is 0.744 e. The molecule has 46 heavy (non-hydrogen) atoms. The summed E-state index contributed by atoms with van der Waals surface area (Å²) in [6.45, 7) is 5.37. The van der Waals surface area contributed by atoms with Crippen molar-refractivity contribution < 1.29 is 38.9 Å². The van der Waals surface area contributed by atoms with Crippen molar-refractivity contribution in [1.29, 1.82) is 0 Å². The molecular formula is C33H27AlO9S3. The number of hydrogen-bond donors (Lipinski definition) is 0. The van der Waals surface area contributed by atoms with Crippen LogP contribution in [0.3, 0.4) is 0 Å². The molecule has 13 heteroatoms. The predicted octanol–water partition coefficient (Wildman–Crippen LogP) is 5.63. The summed E-state index contributed by atoms with van der Waals surface area (Å²) in [5.41, 5.74) is 6.28. The SMILES string of the molecule is Cc1cc(S(=O)(=O)[O-])c2cccccc1-2.Cc1cc(S(=O)(=O)[O-])c2cccccc1-2.Cc1cc(S(=O)(=O)[O-])c2cccccc1-2.[Al+3]. The van der Waals surface area contributed by atoms with Crippen LogP contribution in [-0.4, -0.2) is 56.3 Å². The first-order valence-electron chi connectivity index (χ1n) is 13.3. The van der Waals surface area contributed by atoms with Crippen molar-refractivity contribution in [1.82, 2.24) is 0 Å². The normalized spacial score (nSPS) is 11.6. The molecule has 0 amide bonds. The zero-order chi connectivity index (χ0) is 33.2. The van der Waals surface area contributed by atoms with Gasteiger partial charge in [0.25, 0.3) is 0 Å². The van der Waals surface area contributed by atoms with E-state index in [4.69, 9.17) is 0 Å². The van der Waals surface area contributed by atoms with Crippen molar-refractivity contribution in [3.8, 4) is 33.4 Å². The van der Waals surface area contributed by atoms with Gasteiger partial charge in [-0.15, -0.1) is 0 Å². The van der Waals surface area contributed by atoms with Gasteiger partial charge in [-0.25, -0.2) is 25.3 Å². The van der Waals surface area contributed by atoms with Gasteiger partial charge in [0.05, 0.1) is 14.7 Å². The maximum Gasteiger partial charge on any atom is 3.00 e. The average molecular weight is 691 g/mol. The van der Waals surface area contributed by atoms with Crippen LogP contribution in [0.25, 0.3) is 33.4 Å². The molecule has 0 fully saturated rings. The van der Waals surface area contributed by atoms with Gasteiger partial charge in [0.15, 0.2) is 0 Å². The summed E-state index contributed by atoms with van der Waals surface area (Å²) in [4.78, 5) is -0.399. The van der Waals surface area contributed by atoms with Gasteiger partial charge < -0.3 is 13.7 Å². The largest absolute Gasteiger partial charge is 3.00 e. The third-order valence-electron chi connectivity index (χ3n) is 7.04. The van der Waals surface area contributed by atoms with Crippen molar-refractivity contribution in [2.24, 2.45) is 0 Å². The van der Waals surface area contributed by atoms with Gasteiger partial charge in [0.1, 0.15) is 30.4 Å². The van der Waals surface area contributed by atoms with E-state index in [-0.39, 0.29) is 32.0 Å². The summed E-state index contributed by atoms with van der Waals surface area (Å²) < 4.78 is 99.1. The van der Waals surface area contributed by atoms with E-state index in [9.17, 15) is 38.9 Å². The van der Waals surface area contributed by atoms with E-state index in [1.54, 1.807) is 93.6 Å². The average Bonchev–Trinajstić information content (AvgIpc) is 3.28. The quantitative estimate of drug-likeness (QED) is 0.169. The van der Waals surface area contributed by atoms with Crippen LogP contribution in [0.2, 0.25) is 0 Å². The first-order valence-corrected chi connectivity index (χ1v) is 17.6. The molecule has 0 aromatic carbocycles. The molecule has 234 valence electrons. The molecule has 0 unspecified atom stereocenters. The fourth-order valence-corrected chi connectivity index (χ4v) is 7.30. The van der Waals surface area contributed by atoms with Gasteiger partial charge in [-0.3, -0.25) is 0 Å². The van der Waals surface area contributed by atoms with E-state index in [0.29, 0.717) is 16.7 Å². The third-order valence-corrected chi connectivity index (χ3v) is 9.67. The van der Waals surface area contributed by atoms with Crippen molar-refractivity contribution >= 4 is 47.7 Å². The Labute approximate surface area is 280 Å². The maximum atomic E-state index is 11.0. The van der Waals surface area contributed by atoms with Gasteiger partial charge in [-0.1, -0.05) is 91.0 Å². The van der Waals surface area contributed by atoms with Gasteiger partial charge in [-0.05, 0) is 89.0 Å². The molecule has 0 aliphatic heterocycles.